The van der Waals surface area contributed by atoms with E-state index in [4.69, 9.17) is 18.9 Å². The van der Waals surface area contributed by atoms with E-state index in [-0.39, 0.29) is 33.5 Å². The number of rotatable bonds is 8. The number of benzene rings is 3. The van der Waals surface area contributed by atoms with Gasteiger partial charge in [0.2, 0.25) is 0 Å². The average molecular weight is 613 g/mol. The van der Waals surface area contributed by atoms with E-state index in [0.717, 1.165) is 16.9 Å². The van der Waals surface area contributed by atoms with Crippen molar-refractivity contribution in [3.8, 4) is 17.2 Å². The summed E-state index contributed by atoms with van der Waals surface area (Å²) >= 11 is 0.944. The molecule has 3 aromatic carbocycles. The molecule has 0 spiro atoms. The van der Waals surface area contributed by atoms with E-state index >= 15 is 0 Å². The van der Waals surface area contributed by atoms with Crippen LogP contribution in [0.25, 0.3) is 5.76 Å². The topological polar surface area (TPSA) is 124 Å². The molecule has 6 rings (SSSR count). The van der Waals surface area contributed by atoms with Crippen LogP contribution in [0.2, 0.25) is 0 Å². The maximum absolute atomic E-state index is 13.7. The Balaban J connectivity index is 1.46. The van der Waals surface area contributed by atoms with E-state index in [1.165, 1.54) is 4.90 Å². The first-order valence-electron chi connectivity index (χ1n) is 14.0. The second kappa shape index (κ2) is 12.2. The highest BCUT2D eigenvalue weighted by Gasteiger charge is 2.48. The van der Waals surface area contributed by atoms with Gasteiger partial charge in [-0.25, -0.2) is 9.78 Å². The molecule has 224 valence electrons. The molecule has 4 aromatic rings. The summed E-state index contributed by atoms with van der Waals surface area (Å²) < 4.78 is 22.5. The van der Waals surface area contributed by atoms with Crippen molar-refractivity contribution in [3.05, 3.63) is 106 Å². The molecule has 0 radical (unpaired) electrons. The molecular weight excluding hydrogens is 584 g/mol. The number of aryl methyl sites for hydroxylation is 1. The van der Waals surface area contributed by atoms with Gasteiger partial charge < -0.3 is 24.1 Å². The molecule has 1 aromatic heterocycles. The first-order valence-corrected chi connectivity index (χ1v) is 14.8. The van der Waals surface area contributed by atoms with Crippen molar-refractivity contribution in [2.45, 2.75) is 26.5 Å². The fourth-order valence-corrected chi connectivity index (χ4v) is 6.07. The predicted molar refractivity (Wildman–Crippen MR) is 162 cm³/mol. The number of anilines is 1. The Morgan fingerprint density at radius 3 is 2.57 bits per heavy atom. The van der Waals surface area contributed by atoms with Gasteiger partial charge in [-0.15, -0.1) is 0 Å². The highest BCUT2D eigenvalue weighted by Crippen LogP contribution is 2.45. The average Bonchev–Trinajstić information content (AvgIpc) is 3.56. The number of amides is 1. The predicted octanol–water partition coefficient (Wildman–Crippen LogP) is 5.60. The lowest BCUT2D eigenvalue weighted by molar-refractivity contribution is -0.132. The van der Waals surface area contributed by atoms with Crippen molar-refractivity contribution < 1.29 is 38.4 Å². The largest absolute Gasteiger partial charge is 0.507 e. The lowest BCUT2D eigenvalue weighted by Gasteiger charge is -2.24. The summed E-state index contributed by atoms with van der Waals surface area (Å²) in [5.74, 6) is -1.33. The molecule has 1 fully saturated rings. The molecular formula is C33H28N2O8S. The summed E-state index contributed by atoms with van der Waals surface area (Å²) in [5, 5.41) is 11.7. The monoisotopic (exact) mass is 612 g/mol. The molecule has 10 nitrogen and oxygen atoms in total. The number of aliphatic hydroxyl groups is 1. The minimum Gasteiger partial charge on any atom is -0.507 e. The van der Waals surface area contributed by atoms with Gasteiger partial charge >= 0.3 is 11.9 Å². The van der Waals surface area contributed by atoms with E-state index in [0.29, 0.717) is 48.3 Å². The molecule has 3 heterocycles. The minimum absolute atomic E-state index is 0.120. The molecule has 44 heavy (non-hydrogen) atoms. The summed E-state index contributed by atoms with van der Waals surface area (Å²) in [4.78, 5) is 45.9. The molecule has 0 aliphatic carbocycles. The highest BCUT2D eigenvalue weighted by atomic mass is 32.1. The van der Waals surface area contributed by atoms with Crippen molar-refractivity contribution in [2.24, 2.45) is 0 Å². The van der Waals surface area contributed by atoms with Gasteiger partial charge in [-0.05, 0) is 55.3 Å². The van der Waals surface area contributed by atoms with Gasteiger partial charge in [0.05, 0.1) is 23.9 Å². The van der Waals surface area contributed by atoms with Crippen LogP contribution in [0, 0.1) is 6.92 Å². The minimum atomic E-state index is -1.08. The summed E-state index contributed by atoms with van der Waals surface area (Å²) in [7, 11) is 0. The number of nitrogens with zero attached hydrogens (tertiary/aromatic N) is 2. The second-order valence-corrected chi connectivity index (χ2v) is 11.0. The zero-order valence-electron chi connectivity index (χ0n) is 23.9. The van der Waals surface area contributed by atoms with Crippen LogP contribution >= 0.6 is 11.3 Å². The van der Waals surface area contributed by atoms with Crippen LogP contribution in [0.1, 0.15) is 45.0 Å². The normalized spacial score (nSPS) is 17.0. The molecule has 1 N–H and O–H groups in total. The first-order chi connectivity index (χ1) is 21.4. The Labute approximate surface area is 257 Å². The van der Waals surface area contributed by atoms with E-state index in [1.54, 1.807) is 56.3 Å². The van der Waals surface area contributed by atoms with Crippen LogP contribution in [0.15, 0.2) is 78.4 Å². The number of fused-ring (bicyclic) bond motifs is 1. The Hall–Kier alpha value is -5.16. The number of ketones is 1. The summed E-state index contributed by atoms with van der Waals surface area (Å²) in [6.07, 6.45) is 0. The third-order valence-electron chi connectivity index (χ3n) is 7.13. The molecule has 1 saturated heterocycles. The highest BCUT2D eigenvalue weighted by molar-refractivity contribution is 7.17. The maximum atomic E-state index is 13.7. The number of esters is 1. The van der Waals surface area contributed by atoms with Crippen molar-refractivity contribution >= 4 is 39.9 Å². The third-order valence-corrected chi connectivity index (χ3v) is 8.27. The Bertz CT molecular complexity index is 1780. The lowest BCUT2D eigenvalue weighted by Crippen LogP contribution is -2.29. The van der Waals surface area contributed by atoms with E-state index in [2.05, 4.69) is 4.98 Å². The number of Topliss-reactive ketones (excluding diaryl/α,β-unsaturated/α-hetero) is 1. The number of hydrogen-bond acceptors (Lipinski definition) is 10. The fraction of sp³-hybridized carbons (Fsp3) is 0.212. The smallest absolute Gasteiger partial charge is 0.350 e. The van der Waals surface area contributed by atoms with Gasteiger partial charge in [-0.2, -0.15) is 0 Å². The lowest BCUT2D eigenvalue weighted by atomic mass is 9.95. The van der Waals surface area contributed by atoms with Gasteiger partial charge in [-0.1, -0.05) is 53.8 Å². The summed E-state index contributed by atoms with van der Waals surface area (Å²) in [5.41, 5.74) is 1.95. The Morgan fingerprint density at radius 2 is 1.80 bits per heavy atom. The van der Waals surface area contributed by atoms with Gasteiger partial charge in [-0.3, -0.25) is 14.5 Å². The number of thiazole rings is 1. The molecule has 11 heteroatoms. The molecule has 1 atom stereocenters. The van der Waals surface area contributed by atoms with Crippen LogP contribution in [0.3, 0.4) is 0 Å². The standard InChI is InChI=1S/C33H28N2O8S/c1-3-40-32(39)30-19(2)34-33(44-30)35-27(21-10-7-11-23(16-21)43-18-20-8-5-4-6-9-20)26(29(37)31(35)38)28(36)22-12-13-24-25(17-22)42-15-14-41-24/h4-13,16-17,27,36H,3,14-15,18H2,1-2H3/b28-26+. The van der Waals surface area contributed by atoms with E-state index in [9.17, 15) is 19.5 Å². The van der Waals surface area contributed by atoms with Crippen LogP contribution in [-0.2, 0) is 20.9 Å². The SMILES string of the molecule is CCOC(=O)c1sc(N2C(=O)C(=O)/C(=C(/O)c3ccc4c(c3)OCCO4)C2c2cccc(OCc3ccccc3)c2)nc1C. The fourth-order valence-electron chi connectivity index (χ4n) is 5.08. The Kier molecular flexibility index (Phi) is 8.03. The molecule has 0 bridgehead atoms. The van der Waals surface area contributed by atoms with Crippen molar-refractivity contribution in [2.75, 3.05) is 24.7 Å². The zero-order chi connectivity index (χ0) is 30.8. The van der Waals surface area contributed by atoms with Gasteiger partial charge in [0.25, 0.3) is 5.78 Å². The zero-order valence-corrected chi connectivity index (χ0v) is 24.8. The third kappa shape index (κ3) is 5.49. The molecule has 2 aliphatic heterocycles. The molecule has 1 amide bonds. The van der Waals surface area contributed by atoms with E-state index < -0.39 is 23.7 Å². The summed E-state index contributed by atoms with van der Waals surface area (Å²) in [6, 6.07) is 20.3. The quantitative estimate of drug-likeness (QED) is 0.117. The summed E-state index contributed by atoms with van der Waals surface area (Å²) in [6.45, 7) is 4.53. The molecule has 2 aliphatic rings. The van der Waals surface area contributed by atoms with Crippen molar-refractivity contribution in [3.63, 3.8) is 0 Å². The van der Waals surface area contributed by atoms with E-state index in [1.807, 2.05) is 30.3 Å². The van der Waals surface area contributed by atoms with Crippen LogP contribution in [0.4, 0.5) is 5.13 Å². The van der Waals surface area contributed by atoms with Gasteiger partial charge in [0, 0.05) is 5.56 Å². The van der Waals surface area contributed by atoms with Crippen molar-refractivity contribution in [1.29, 1.82) is 0 Å². The second-order valence-electron chi connectivity index (χ2n) is 10.0. The Morgan fingerprint density at radius 1 is 1.02 bits per heavy atom. The van der Waals surface area contributed by atoms with Crippen LogP contribution < -0.4 is 19.1 Å². The number of ether oxygens (including phenoxy) is 4. The molecule has 0 saturated carbocycles. The van der Waals surface area contributed by atoms with Crippen molar-refractivity contribution in [1.82, 2.24) is 4.98 Å². The first kappa shape index (κ1) is 28.9. The number of carbonyl (C=O) groups excluding carboxylic acids is 3. The van der Waals surface area contributed by atoms with Crippen LogP contribution in [0.5, 0.6) is 17.2 Å². The number of aliphatic hydroxyl groups excluding tert-OH is 1. The van der Waals surface area contributed by atoms with Gasteiger partial charge in [0.15, 0.2) is 16.6 Å². The van der Waals surface area contributed by atoms with Crippen LogP contribution in [-0.4, -0.2) is 47.6 Å². The maximum Gasteiger partial charge on any atom is 0.350 e. The molecule has 1 unspecified atom stereocenters. The van der Waals surface area contributed by atoms with Gasteiger partial charge in [0.1, 0.15) is 36.2 Å². The number of carbonyl (C=O) groups is 3. The number of hydrogen-bond donors (Lipinski definition) is 1. The number of aromatic nitrogens is 1.